The van der Waals surface area contributed by atoms with E-state index in [0.29, 0.717) is 5.56 Å². The Hall–Kier alpha value is -2.17. The maximum absolute atomic E-state index is 12.1. The van der Waals surface area contributed by atoms with Crippen molar-refractivity contribution in [3.05, 3.63) is 34.5 Å². The van der Waals surface area contributed by atoms with Crippen LogP contribution in [0.5, 0.6) is 11.7 Å². The molecule has 9 nitrogen and oxygen atoms in total. The first-order valence-electron chi connectivity index (χ1n) is 7.15. The Bertz CT molecular complexity index is 740. The number of aromatic hydroxyl groups is 1. The second kappa shape index (κ2) is 6.38. The van der Waals surface area contributed by atoms with Crippen molar-refractivity contribution < 1.29 is 39.4 Å². The molecular weight excluding hydrogens is 324 g/mol. The highest BCUT2D eigenvalue weighted by molar-refractivity contribution is 5.61. The van der Waals surface area contributed by atoms with Crippen molar-refractivity contribution in [2.45, 2.75) is 30.7 Å². The maximum Gasteiger partial charge on any atom is 0.282 e. The van der Waals surface area contributed by atoms with Crippen LogP contribution < -0.4 is 10.2 Å². The first-order valence-corrected chi connectivity index (χ1v) is 7.15. The Morgan fingerprint density at radius 2 is 1.83 bits per heavy atom. The van der Waals surface area contributed by atoms with Crippen molar-refractivity contribution in [1.82, 2.24) is 0 Å². The van der Waals surface area contributed by atoms with E-state index < -0.39 is 42.7 Å². The number of ether oxygens (including phenoxy) is 2. The van der Waals surface area contributed by atoms with Gasteiger partial charge in [0.2, 0.25) is 11.7 Å². The second-order valence-electron chi connectivity index (χ2n) is 5.43. The van der Waals surface area contributed by atoms with Gasteiger partial charge >= 0.3 is 0 Å². The summed E-state index contributed by atoms with van der Waals surface area (Å²) in [5.41, 5.74) is -0.152. The van der Waals surface area contributed by atoms with Gasteiger partial charge in [-0.1, -0.05) is 0 Å². The fourth-order valence-corrected chi connectivity index (χ4v) is 2.47. The average Bonchev–Trinajstić information content (AvgIpc) is 2.56. The highest BCUT2D eigenvalue weighted by Crippen LogP contribution is 2.29. The van der Waals surface area contributed by atoms with Crippen LogP contribution in [0.1, 0.15) is 0 Å². The van der Waals surface area contributed by atoms with E-state index in [1.807, 2.05) is 0 Å². The fraction of sp³-hybridized carbons (Fsp3) is 0.400. The number of benzene rings is 1. The first kappa shape index (κ1) is 16.7. The molecule has 24 heavy (non-hydrogen) atoms. The van der Waals surface area contributed by atoms with Crippen LogP contribution in [0, 0.1) is 0 Å². The van der Waals surface area contributed by atoms with Crippen LogP contribution >= 0.6 is 0 Å². The molecule has 0 aromatic heterocycles. The van der Waals surface area contributed by atoms with E-state index >= 15 is 0 Å². The van der Waals surface area contributed by atoms with E-state index in [4.69, 9.17) is 19.0 Å². The van der Waals surface area contributed by atoms with Crippen molar-refractivity contribution in [3.63, 3.8) is 0 Å². The molecule has 0 aromatic rings. The zero-order valence-corrected chi connectivity index (χ0v) is 12.3. The Labute approximate surface area is 135 Å². The van der Waals surface area contributed by atoms with Gasteiger partial charge in [-0.3, -0.25) is 4.79 Å². The summed E-state index contributed by atoms with van der Waals surface area (Å²) in [5.74, 6) is -0.404. The largest absolute Gasteiger partial charge is 0.481 e. The summed E-state index contributed by atoms with van der Waals surface area (Å²) in [4.78, 5) is 12.1. The van der Waals surface area contributed by atoms with Gasteiger partial charge < -0.3 is 39.4 Å². The van der Waals surface area contributed by atoms with Gasteiger partial charge in [-0.25, -0.2) is 0 Å². The summed E-state index contributed by atoms with van der Waals surface area (Å²) < 4.78 is 15.5. The van der Waals surface area contributed by atoms with Gasteiger partial charge in [-0.2, -0.15) is 0 Å². The van der Waals surface area contributed by atoms with Crippen molar-refractivity contribution in [3.8, 4) is 23.0 Å². The Balaban J connectivity index is 1.89. The van der Waals surface area contributed by atoms with Crippen molar-refractivity contribution in [2.24, 2.45) is 0 Å². The van der Waals surface area contributed by atoms with Gasteiger partial charge in [-0.05, 0) is 12.1 Å². The zero-order chi connectivity index (χ0) is 17.4. The molecular formula is C15H16O9. The van der Waals surface area contributed by atoms with E-state index in [0.717, 1.165) is 6.07 Å². The van der Waals surface area contributed by atoms with E-state index in [1.54, 1.807) is 0 Å². The molecule has 1 fully saturated rings. The molecule has 130 valence electrons. The van der Waals surface area contributed by atoms with E-state index in [2.05, 4.69) is 0 Å². The number of rotatable bonds is 3. The standard InChI is InChI=1S/C15H16O9/c16-5-10-12(19)13(20)14(21)15(24-10)23-9-3-6-1-2-11(18)22-8(6)4-7(9)17/h1-4,10,12-16,18-21H,5H2. The van der Waals surface area contributed by atoms with Gasteiger partial charge in [0.1, 0.15) is 30.2 Å². The van der Waals surface area contributed by atoms with E-state index in [-0.39, 0.29) is 17.5 Å². The quantitative estimate of drug-likeness (QED) is 0.456. The summed E-state index contributed by atoms with van der Waals surface area (Å²) in [6.07, 6.45) is -7.35. The number of hydrogen-bond donors (Lipinski definition) is 5. The fourth-order valence-electron chi connectivity index (χ4n) is 2.47. The smallest absolute Gasteiger partial charge is 0.282 e. The SMILES string of the molecule is O=c1cc2oc(O)ccc-2cc1OC1OC(CO)C(O)C(O)C1O. The summed E-state index contributed by atoms with van der Waals surface area (Å²) in [7, 11) is 0. The van der Waals surface area contributed by atoms with Gasteiger partial charge in [0.15, 0.2) is 5.75 Å². The normalized spacial score (nSPS) is 30.4. The lowest BCUT2D eigenvalue weighted by Gasteiger charge is -2.39. The monoisotopic (exact) mass is 340 g/mol. The minimum absolute atomic E-state index is 0.140. The van der Waals surface area contributed by atoms with Crippen LogP contribution in [0.4, 0.5) is 0 Å². The molecule has 0 bridgehead atoms. The number of aliphatic hydroxyl groups is 4. The summed E-state index contributed by atoms with van der Waals surface area (Å²) in [6.45, 7) is -0.606. The van der Waals surface area contributed by atoms with Crippen LogP contribution in [0.25, 0.3) is 11.3 Å². The minimum atomic E-state index is -1.62. The molecule has 0 amide bonds. The number of fused-ring (bicyclic) bond motifs is 1. The topological polar surface area (TPSA) is 150 Å². The molecule has 1 aliphatic carbocycles. The maximum atomic E-state index is 12.1. The van der Waals surface area contributed by atoms with Crippen molar-refractivity contribution >= 4 is 0 Å². The minimum Gasteiger partial charge on any atom is -0.481 e. The summed E-state index contributed by atoms with van der Waals surface area (Å²) in [6, 6.07) is 5.19. The van der Waals surface area contributed by atoms with E-state index in [9.17, 15) is 25.2 Å². The predicted octanol–water partition coefficient (Wildman–Crippen LogP) is -1.37. The molecule has 9 heteroatoms. The lowest BCUT2D eigenvalue weighted by Crippen LogP contribution is -2.60. The van der Waals surface area contributed by atoms with Crippen LogP contribution in [0.15, 0.2) is 33.5 Å². The van der Waals surface area contributed by atoms with Crippen LogP contribution in [0.3, 0.4) is 0 Å². The van der Waals surface area contributed by atoms with E-state index in [1.165, 1.54) is 18.2 Å². The molecule has 5 atom stereocenters. The molecule has 2 aliphatic heterocycles. The van der Waals surface area contributed by atoms with Gasteiger partial charge in [0.25, 0.3) is 5.95 Å². The Morgan fingerprint density at radius 3 is 2.54 bits per heavy atom. The second-order valence-corrected chi connectivity index (χ2v) is 5.43. The third-order valence-corrected chi connectivity index (χ3v) is 3.79. The zero-order valence-electron chi connectivity index (χ0n) is 12.3. The number of hydrogen-bond acceptors (Lipinski definition) is 9. The molecule has 0 radical (unpaired) electrons. The molecule has 2 heterocycles. The van der Waals surface area contributed by atoms with Crippen LogP contribution in [-0.4, -0.2) is 62.8 Å². The van der Waals surface area contributed by atoms with Gasteiger partial charge in [0.05, 0.1) is 6.61 Å². The van der Waals surface area contributed by atoms with Crippen LogP contribution in [-0.2, 0) is 4.74 Å². The van der Waals surface area contributed by atoms with Crippen LogP contribution in [0.2, 0.25) is 0 Å². The molecule has 3 aliphatic rings. The molecule has 0 spiro atoms. The Kier molecular flexibility index (Phi) is 4.43. The average molecular weight is 340 g/mol. The predicted molar refractivity (Wildman–Crippen MR) is 77.7 cm³/mol. The van der Waals surface area contributed by atoms with Gasteiger partial charge in [0, 0.05) is 17.7 Å². The molecule has 0 aromatic carbocycles. The lowest BCUT2D eigenvalue weighted by molar-refractivity contribution is -0.277. The Morgan fingerprint density at radius 1 is 1.08 bits per heavy atom. The molecule has 1 saturated heterocycles. The highest BCUT2D eigenvalue weighted by atomic mass is 16.7. The van der Waals surface area contributed by atoms with Crippen molar-refractivity contribution in [2.75, 3.05) is 6.61 Å². The van der Waals surface area contributed by atoms with Gasteiger partial charge in [-0.15, -0.1) is 0 Å². The molecule has 0 saturated carbocycles. The first-order chi connectivity index (χ1) is 11.4. The molecule has 5 N–H and O–H groups in total. The molecule has 5 unspecified atom stereocenters. The third-order valence-electron chi connectivity index (χ3n) is 3.79. The molecule has 3 rings (SSSR count). The lowest BCUT2D eigenvalue weighted by atomic mass is 9.99. The highest BCUT2D eigenvalue weighted by Gasteiger charge is 2.44. The number of aliphatic hydroxyl groups excluding tert-OH is 4. The van der Waals surface area contributed by atoms with Crippen molar-refractivity contribution in [1.29, 1.82) is 0 Å². The summed E-state index contributed by atoms with van der Waals surface area (Å²) in [5, 5.41) is 47.8. The summed E-state index contributed by atoms with van der Waals surface area (Å²) >= 11 is 0. The third kappa shape index (κ3) is 2.95.